The number of rotatable bonds is 2. The monoisotopic (exact) mass is 285 g/mol. The highest BCUT2D eigenvalue weighted by Gasteiger charge is 2.34. The normalized spacial score (nSPS) is 11.4. The van der Waals surface area contributed by atoms with E-state index in [-0.39, 0.29) is 11.5 Å². The van der Waals surface area contributed by atoms with Gasteiger partial charge in [0, 0.05) is 0 Å². The molecule has 0 saturated carbocycles. The fourth-order valence-electron chi connectivity index (χ4n) is 1.67. The number of benzene rings is 2. The summed E-state index contributed by atoms with van der Waals surface area (Å²) in [5.74, 6) is -1.26. The van der Waals surface area contributed by atoms with Crippen molar-refractivity contribution >= 4 is 5.69 Å². The van der Waals surface area contributed by atoms with Crippen LogP contribution in [0.1, 0.15) is 11.1 Å². The summed E-state index contributed by atoms with van der Waals surface area (Å²) in [4.78, 5) is 0. The van der Waals surface area contributed by atoms with E-state index in [0.29, 0.717) is 17.8 Å². The third-order valence-electron chi connectivity index (χ3n) is 2.64. The Bertz CT molecular complexity index is 638. The van der Waals surface area contributed by atoms with Crippen LogP contribution in [-0.4, -0.2) is 0 Å². The maximum atomic E-state index is 13.1. The van der Waals surface area contributed by atoms with Crippen LogP contribution in [0.2, 0.25) is 0 Å². The van der Waals surface area contributed by atoms with E-state index in [4.69, 9.17) is 10.5 Å². The van der Waals surface area contributed by atoms with Crippen LogP contribution in [0.4, 0.5) is 23.2 Å². The summed E-state index contributed by atoms with van der Waals surface area (Å²) >= 11 is 0. The molecule has 2 N–H and O–H groups in total. The van der Waals surface area contributed by atoms with Crippen LogP contribution >= 0.6 is 0 Å². The predicted molar refractivity (Wildman–Crippen MR) is 67.1 cm³/mol. The van der Waals surface area contributed by atoms with E-state index in [2.05, 4.69) is 0 Å². The van der Waals surface area contributed by atoms with Crippen LogP contribution in [0.3, 0.4) is 0 Å². The first kappa shape index (κ1) is 14.2. The number of nitrogens with two attached hydrogens (primary N) is 1. The topological polar surface area (TPSA) is 35.2 Å². The molecule has 0 aliphatic carbocycles. The minimum absolute atomic E-state index is 0.130. The lowest BCUT2D eigenvalue weighted by molar-refractivity contribution is -0.140. The molecule has 0 aromatic heterocycles. The van der Waals surface area contributed by atoms with Crippen molar-refractivity contribution in [2.75, 3.05) is 5.73 Å². The molecule has 0 saturated heterocycles. The molecule has 0 atom stereocenters. The van der Waals surface area contributed by atoms with Crippen molar-refractivity contribution in [3.05, 3.63) is 53.3 Å². The molecule has 0 amide bonds. The molecule has 2 aromatic carbocycles. The van der Waals surface area contributed by atoms with Crippen LogP contribution in [0.15, 0.2) is 36.4 Å². The zero-order valence-electron chi connectivity index (χ0n) is 10.5. The Morgan fingerprint density at radius 2 is 1.75 bits per heavy atom. The van der Waals surface area contributed by atoms with Crippen LogP contribution in [-0.2, 0) is 6.18 Å². The van der Waals surface area contributed by atoms with Crippen LogP contribution in [0, 0.1) is 12.7 Å². The standard InChI is InChI=1S/C14H11F4NO/c1-8-2-5-13(12(19)6-8)20-9-3-4-11(15)10(7-9)14(16,17)18/h2-7H,19H2,1H3. The highest BCUT2D eigenvalue weighted by Crippen LogP contribution is 2.35. The molecule has 0 bridgehead atoms. The van der Waals surface area contributed by atoms with Gasteiger partial charge in [-0.3, -0.25) is 0 Å². The van der Waals surface area contributed by atoms with Crippen LogP contribution in [0.25, 0.3) is 0 Å². The second kappa shape index (κ2) is 5.03. The molecule has 0 fully saturated rings. The number of nitrogen functional groups attached to an aromatic ring is 1. The van der Waals surface area contributed by atoms with Crippen molar-refractivity contribution in [3.8, 4) is 11.5 Å². The van der Waals surface area contributed by atoms with Crippen molar-refractivity contribution < 1.29 is 22.3 Å². The number of anilines is 1. The largest absolute Gasteiger partial charge is 0.455 e. The fraction of sp³-hybridized carbons (Fsp3) is 0.143. The summed E-state index contributed by atoms with van der Waals surface area (Å²) < 4.78 is 56.1. The summed E-state index contributed by atoms with van der Waals surface area (Å²) in [6.45, 7) is 1.82. The Hall–Kier alpha value is -2.24. The first-order valence-corrected chi connectivity index (χ1v) is 5.68. The zero-order chi connectivity index (χ0) is 14.9. The summed E-state index contributed by atoms with van der Waals surface area (Å²) in [6.07, 6.45) is -4.78. The van der Waals surface area contributed by atoms with Crippen molar-refractivity contribution in [2.24, 2.45) is 0 Å². The lowest BCUT2D eigenvalue weighted by Gasteiger charge is -2.12. The van der Waals surface area contributed by atoms with E-state index in [1.165, 1.54) is 0 Å². The van der Waals surface area contributed by atoms with Gasteiger partial charge in [0.2, 0.25) is 0 Å². The first-order chi connectivity index (χ1) is 9.27. The second-order valence-electron chi connectivity index (χ2n) is 4.28. The third kappa shape index (κ3) is 3.01. The fourth-order valence-corrected chi connectivity index (χ4v) is 1.67. The van der Waals surface area contributed by atoms with Crippen LogP contribution in [0.5, 0.6) is 11.5 Å². The molecular formula is C14H11F4NO. The molecule has 0 radical (unpaired) electrons. The molecule has 106 valence electrons. The average Bonchev–Trinajstić information content (AvgIpc) is 2.33. The Balaban J connectivity index is 2.35. The van der Waals surface area contributed by atoms with Gasteiger partial charge in [0.15, 0.2) is 0 Å². The second-order valence-corrected chi connectivity index (χ2v) is 4.28. The summed E-state index contributed by atoms with van der Waals surface area (Å²) in [6, 6.07) is 7.31. The summed E-state index contributed by atoms with van der Waals surface area (Å²) in [5, 5.41) is 0. The molecule has 0 heterocycles. The van der Waals surface area contributed by atoms with Gasteiger partial charge in [-0.15, -0.1) is 0 Å². The zero-order valence-corrected chi connectivity index (χ0v) is 10.5. The molecule has 0 unspecified atom stereocenters. The highest BCUT2D eigenvalue weighted by molar-refractivity contribution is 5.55. The number of hydrogen-bond acceptors (Lipinski definition) is 2. The number of ether oxygens (including phenoxy) is 1. The average molecular weight is 285 g/mol. The predicted octanol–water partition coefficient (Wildman–Crippen LogP) is 4.53. The number of aryl methyl sites for hydroxylation is 1. The maximum absolute atomic E-state index is 13.1. The van der Waals surface area contributed by atoms with Gasteiger partial charge in [-0.25, -0.2) is 4.39 Å². The van der Waals surface area contributed by atoms with Crippen molar-refractivity contribution in [1.29, 1.82) is 0 Å². The molecule has 2 aromatic rings. The van der Waals surface area contributed by atoms with Gasteiger partial charge in [-0.05, 0) is 42.8 Å². The highest BCUT2D eigenvalue weighted by atomic mass is 19.4. The molecule has 6 heteroatoms. The van der Waals surface area contributed by atoms with E-state index >= 15 is 0 Å². The van der Waals surface area contributed by atoms with E-state index in [1.807, 2.05) is 6.92 Å². The quantitative estimate of drug-likeness (QED) is 0.650. The van der Waals surface area contributed by atoms with Crippen molar-refractivity contribution in [1.82, 2.24) is 0 Å². The van der Waals surface area contributed by atoms with Gasteiger partial charge in [0.1, 0.15) is 17.3 Å². The molecule has 2 rings (SSSR count). The Morgan fingerprint density at radius 3 is 2.35 bits per heavy atom. The molecular weight excluding hydrogens is 274 g/mol. The van der Waals surface area contributed by atoms with Gasteiger partial charge in [0.05, 0.1) is 11.3 Å². The number of hydrogen-bond donors (Lipinski definition) is 1. The molecule has 0 spiro atoms. The van der Waals surface area contributed by atoms with Crippen molar-refractivity contribution in [3.63, 3.8) is 0 Å². The summed E-state index contributed by atoms with van der Waals surface area (Å²) in [5.41, 5.74) is 5.52. The lowest BCUT2D eigenvalue weighted by Crippen LogP contribution is -2.08. The number of halogens is 4. The van der Waals surface area contributed by atoms with E-state index in [1.54, 1.807) is 18.2 Å². The van der Waals surface area contributed by atoms with Gasteiger partial charge in [-0.2, -0.15) is 13.2 Å². The first-order valence-electron chi connectivity index (χ1n) is 5.68. The third-order valence-corrected chi connectivity index (χ3v) is 2.64. The van der Waals surface area contributed by atoms with E-state index < -0.39 is 17.6 Å². The molecule has 2 nitrogen and oxygen atoms in total. The Kier molecular flexibility index (Phi) is 3.57. The van der Waals surface area contributed by atoms with Crippen molar-refractivity contribution in [2.45, 2.75) is 13.1 Å². The Labute approximate surface area is 112 Å². The van der Waals surface area contributed by atoms with E-state index in [9.17, 15) is 17.6 Å². The Morgan fingerprint density at radius 1 is 1.05 bits per heavy atom. The minimum atomic E-state index is -4.78. The van der Waals surface area contributed by atoms with Gasteiger partial charge in [0.25, 0.3) is 0 Å². The summed E-state index contributed by atoms with van der Waals surface area (Å²) in [7, 11) is 0. The van der Waals surface area contributed by atoms with Gasteiger partial charge >= 0.3 is 6.18 Å². The van der Waals surface area contributed by atoms with Gasteiger partial charge < -0.3 is 10.5 Å². The lowest BCUT2D eigenvalue weighted by atomic mass is 10.2. The number of alkyl halides is 3. The minimum Gasteiger partial charge on any atom is -0.455 e. The SMILES string of the molecule is Cc1ccc(Oc2ccc(F)c(C(F)(F)F)c2)c(N)c1. The van der Waals surface area contributed by atoms with Crippen LogP contribution < -0.4 is 10.5 Å². The van der Waals surface area contributed by atoms with Gasteiger partial charge in [-0.1, -0.05) is 6.07 Å². The molecule has 0 aliphatic heterocycles. The maximum Gasteiger partial charge on any atom is 0.419 e. The molecule has 20 heavy (non-hydrogen) atoms. The van der Waals surface area contributed by atoms with E-state index in [0.717, 1.165) is 11.6 Å². The molecule has 0 aliphatic rings. The smallest absolute Gasteiger partial charge is 0.419 e.